The van der Waals surface area contributed by atoms with Crippen LogP contribution in [0.4, 0.5) is 0 Å². The summed E-state index contributed by atoms with van der Waals surface area (Å²) in [5, 5.41) is 11.3. The van der Waals surface area contributed by atoms with Gasteiger partial charge in [-0.15, -0.1) is 11.3 Å². The fraction of sp³-hybridized carbons (Fsp3) is 0.286. The molecule has 0 saturated carbocycles. The van der Waals surface area contributed by atoms with Crippen molar-refractivity contribution in [1.82, 2.24) is 0 Å². The van der Waals surface area contributed by atoms with Gasteiger partial charge in [0.25, 0.3) is 0 Å². The van der Waals surface area contributed by atoms with E-state index in [1.807, 2.05) is 18.2 Å². The second-order valence-corrected chi connectivity index (χ2v) is 6.08. The summed E-state index contributed by atoms with van der Waals surface area (Å²) in [4.78, 5) is 2.25. The van der Waals surface area contributed by atoms with Gasteiger partial charge in [-0.1, -0.05) is 42.3 Å². The molecule has 0 fully saturated rings. The number of benzene rings is 1. The number of hydrogen-bond acceptors (Lipinski definition) is 2. The SMILES string of the molecule is CCc1ccc(C(O)Cc2cccc(Cl)c2Cl)s1. The van der Waals surface area contributed by atoms with Gasteiger partial charge in [-0.25, -0.2) is 0 Å². The van der Waals surface area contributed by atoms with Gasteiger partial charge in [0.1, 0.15) is 0 Å². The van der Waals surface area contributed by atoms with Crippen molar-refractivity contribution >= 4 is 34.5 Å². The predicted octanol–water partition coefficient (Wildman–Crippen LogP) is 4.89. The van der Waals surface area contributed by atoms with E-state index in [1.165, 1.54) is 4.88 Å². The summed E-state index contributed by atoms with van der Waals surface area (Å²) in [5.41, 5.74) is 0.878. The summed E-state index contributed by atoms with van der Waals surface area (Å²) in [6.45, 7) is 2.11. The fourth-order valence-electron chi connectivity index (χ4n) is 1.78. The van der Waals surface area contributed by atoms with Crippen LogP contribution in [0.1, 0.15) is 28.3 Å². The summed E-state index contributed by atoms with van der Waals surface area (Å²) >= 11 is 13.7. The molecule has 0 saturated heterocycles. The number of aliphatic hydroxyl groups is 1. The van der Waals surface area contributed by atoms with E-state index in [4.69, 9.17) is 23.2 Å². The van der Waals surface area contributed by atoms with Gasteiger partial charge in [-0.3, -0.25) is 0 Å². The molecule has 0 amide bonds. The average molecular weight is 301 g/mol. The van der Waals surface area contributed by atoms with Crippen LogP contribution in [0.15, 0.2) is 30.3 Å². The van der Waals surface area contributed by atoms with Gasteiger partial charge in [0.05, 0.1) is 16.1 Å². The van der Waals surface area contributed by atoms with E-state index in [1.54, 1.807) is 17.4 Å². The minimum Gasteiger partial charge on any atom is -0.387 e. The Balaban J connectivity index is 2.15. The summed E-state index contributed by atoms with van der Waals surface area (Å²) < 4.78 is 0. The predicted molar refractivity (Wildman–Crippen MR) is 78.8 cm³/mol. The third-order valence-electron chi connectivity index (χ3n) is 2.80. The minimum absolute atomic E-state index is 0.489. The van der Waals surface area contributed by atoms with Crippen molar-refractivity contribution in [3.8, 4) is 0 Å². The third kappa shape index (κ3) is 3.07. The highest BCUT2D eigenvalue weighted by atomic mass is 35.5. The van der Waals surface area contributed by atoms with Gasteiger partial charge in [0.15, 0.2) is 0 Å². The highest BCUT2D eigenvalue weighted by Crippen LogP contribution is 2.31. The third-order valence-corrected chi connectivity index (χ3v) is 4.99. The van der Waals surface area contributed by atoms with Crippen LogP contribution in [0.3, 0.4) is 0 Å². The molecule has 1 nitrogen and oxygen atoms in total. The van der Waals surface area contributed by atoms with E-state index in [-0.39, 0.29) is 0 Å². The molecule has 0 spiro atoms. The standard InChI is InChI=1S/C14H14Cl2OS/c1-2-10-6-7-13(18-10)12(17)8-9-4-3-5-11(15)14(9)16/h3-7,12,17H,2,8H2,1H3. The lowest BCUT2D eigenvalue weighted by Gasteiger charge is -2.10. The van der Waals surface area contributed by atoms with Crippen LogP contribution >= 0.6 is 34.5 Å². The monoisotopic (exact) mass is 300 g/mol. The van der Waals surface area contributed by atoms with Crippen LogP contribution in [0.2, 0.25) is 10.0 Å². The number of halogens is 2. The molecule has 1 heterocycles. The first-order chi connectivity index (χ1) is 8.61. The molecular weight excluding hydrogens is 287 g/mol. The van der Waals surface area contributed by atoms with Crippen molar-refractivity contribution < 1.29 is 5.11 Å². The van der Waals surface area contributed by atoms with Gasteiger partial charge >= 0.3 is 0 Å². The number of hydrogen-bond donors (Lipinski definition) is 1. The molecule has 1 unspecified atom stereocenters. The van der Waals surface area contributed by atoms with Crippen molar-refractivity contribution in [3.05, 3.63) is 55.7 Å². The summed E-state index contributed by atoms with van der Waals surface area (Å²) in [6, 6.07) is 9.53. The molecule has 0 aliphatic rings. The number of rotatable bonds is 4. The molecule has 1 aromatic carbocycles. The molecule has 1 aromatic heterocycles. The average Bonchev–Trinajstić information content (AvgIpc) is 2.83. The number of aliphatic hydroxyl groups excluding tert-OH is 1. The van der Waals surface area contributed by atoms with Crippen molar-refractivity contribution in [1.29, 1.82) is 0 Å². The van der Waals surface area contributed by atoms with E-state index in [2.05, 4.69) is 13.0 Å². The van der Waals surface area contributed by atoms with E-state index < -0.39 is 6.10 Å². The lowest BCUT2D eigenvalue weighted by Crippen LogP contribution is -2.00. The second-order valence-electron chi connectivity index (χ2n) is 4.09. The summed E-state index contributed by atoms with van der Waals surface area (Å²) in [5.74, 6) is 0. The molecule has 4 heteroatoms. The van der Waals surface area contributed by atoms with Crippen LogP contribution in [-0.4, -0.2) is 5.11 Å². The summed E-state index contributed by atoms with van der Waals surface area (Å²) in [7, 11) is 0. The van der Waals surface area contributed by atoms with Crippen molar-refractivity contribution in [2.75, 3.05) is 0 Å². The maximum atomic E-state index is 10.2. The van der Waals surface area contributed by atoms with Crippen molar-refractivity contribution in [3.63, 3.8) is 0 Å². The fourth-order valence-corrected chi connectivity index (χ4v) is 3.11. The molecule has 0 aliphatic heterocycles. The molecule has 96 valence electrons. The Kier molecular flexibility index (Phi) is 4.68. The lowest BCUT2D eigenvalue weighted by molar-refractivity contribution is 0.182. The molecule has 1 N–H and O–H groups in total. The van der Waals surface area contributed by atoms with Crippen molar-refractivity contribution in [2.45, 2.75) is 25.9 Å². The quantitative estimate of drug-likeness (QED) is 0.852. The lowest BCUT2D eigenvalue weighted by atomic mass is 10.1. The molecule has 0 radical (unpaired) electrons. The normalized spacial score (nSPS) is 12.7. The first-order valence-electron chi connectivity index (χ1n) is 5.81. The zero-order chi connectivity index (χ0) is 13.1. The van der Waals surface area contributed by atoms with Gasteiger partial charge in [0.2, 0.25) is 0 Å². The summed E-state index contributed by atoms with van der Waals surface area (Å²) in [6.07, 6.45) is 0.963. The molecule has 0 bridgehead atoms. The Morgan fingerprint density at radius 2 is 2.00 bits per heavy atom. The number of thiophene rings is 1. The topological polar surface area (TPSA) is 20.2 Å². The Morgan fingerprint density at radius 3 is 2.67 bits per heavy atom. The largest absolute Gasteiger partial charge is 0.387 e. The molecule has 1 atom stereocenters. The second kappa shape index (κ2) is 6.07. The van der Waals surface area contributed by atoms with Crippen LogP contribution in [0.5, 0.6) is 0 Å². The molecule has 2 rings (SSSR count). The Bertz CT molecular complexity index is 536. The highest BCUT2D eigenvalue weighted by Gasteiger charge is 2.14. The van der Waals surface area contributed by atoms with E-state index >= 15 is 0 Å². The maximum absolute atomic E-state index is 10.2. The van der Waals surface area contributed by atoms with Gasteiger partial charge in [0, 0.05) is 16.2 Å². The molecule has 0 aliphatic carbocycles. The first-order valence-corrected chi connectivity index (χ1v) is 7.38. The molecule has 18 heavy (non-hydrogen) atoms. The first kappa shape index (κ1) is 13.9. The maximum Gasteiger partial charge on any atom is 0.0922 e. The Hall–Kier alpha value is -0.540. The van der Waals surface area contributed by atoms with Crippen molar-refractivity contribution in [2.24, 2.45) is 0 Å². The van der Waals surface area contributed by atoms with Crippen LogP contribution in [0.25, 0.3) is 0 Å². The Morgan fingerprint density at radius 1 is 1.22 bits per heavy atom. The van der Waals surface area contributed by atoms with Crippen LogP contribution < -0.4 is 0 Å². The van der Waals surface area contributed by atoms with Gasteiger partial charge in [-0.2, -0.15) is 0 Å². The Labute approximate surface area is 121 Å². The highest BCUT2D eigenvalue weighted by molar-refractivity contribution is 7.12. The van der Waals surface area contributed by atoms with Crippen LogP contribution in [0, 0.1) is 0 Å². The zero-order valence-electron chi connectivity index (χ0n) is 9.99. The zero-order valence-corrected chi connectivity index (χ0v) is 12.3. The smallest absolute Gasteiger partial charge is 0.0922 e. The van der Waals surface area contributed by atoms with Gasteiger partial charge in [-0.05, 0) is 30.2 Å². The van der Waals surface area contributed by atoms with E-state index in [9.17, 15) is 5.11 Å². The number of aryl methyl sites for hydroxylation is 1. The van der Waals surface area contributed by atoms with Gasteiger partial charge < -0.3 is 5.11 Å². The van der Waals surface area contributed by atoms with Crippen LogP contribution in [-0.2, 0) is 12.8 Å². The van der Waals surface area contributed by atoms with E-state index in [0.717, 1.165) is 16.9 Å². The minimum atomic E-state index is -0.522. The van der Waals surface area contributed by atoms with E-state index in [0.29, 0.717) is 16.5 Å². The molecule has 2 aromatic rings. The molecular formula is C14H14Cl2OS.